The summed E-state index contributed by atoms with van der Waals surface area (Å²) >= 11 is 0. The number of carbonyl (C=O) groups is 2. The van der Waals surface area contributed by atoms with Crippen molar-refractivity contribution >= 4 is 17.5 Å². The maximum Gasteiger partial charge on any atom is 0.260 e. The van der Waals surface area contributed by atoms with Crippen molar-refractivity contribution in [3.05, 3.63) is 24.3 Å². The van der Waals surface area contributed by atoms with E-state index in [0.717, 1.165) is 51.6 Å². The van der Waals surface area contributed by atoms with Crippen LogP contribution in [0.3, 0.4) is 0 Å². The number of rotatable bonds is 12. The average Bonchev–Trinajstić information content (AvgIpc) is 3.26. The van der Waals surface area contributed by atoms with E-state index in [0.29, 0.717) is 24.5 Å². The second-order valence-corrected chi connectivity index (χ2v) is 7.89. The molecule has 0 aromatic heterocycles. The highest BCUT2D eigenvalue weighted by atomic mass is 16.5. The summed E-state index contributed by atoms with van der Waals surface area (Å²) in [4.78, 5) is 26.8. The first-order valence-corrected chi connectivity index (χ1v) is 10.9. The van der Waals surface area contributed by atoms with Crippen LogP contribution < -0.4 is 10.1 Å². The Labute approximate surface area is 174 Å². The van der Waals surface area contributed by atoms with Gasteiger partial charge in [0, 0.05) is 25.4 Å². The van der Waals surface area contributed by atoms with Gasteiger partial charge in [-0.15, -0.1) is 0 Å². The van der Waals surface area contributed by atoms with E-state index in [2.05, 4.69) is 12.2 Å². The van der Waals surface area contributed by atoms with Crippen LogP contribution in [-0.2, 0) is 14.3 Å². The molecule has 29 heavy (non-hydrogen) atoms. The third-order valence-corrected chi connectivity index (χ3v) is 5.30. The molecule has 1 atom stereocenters. The van der Waals surface area contributed by atoms with Crippen LogP contribution in [0.1, 0.15) is 65.7 Å². The highest BCUT2D eigenvalue weighted by molar-refractivity contribution is 5.97. The van der Waals surface area contributed by atoms with Gasteiger partial charge in [0.15, 0.2) is 6.61 Å². The van der Waals surface area contributed by atoms with E-state index < -0.39 is 5.60 Å². The molecule has 162 valence electrons. The zero-order valence-corrected chi connectivity index (χ0v) is 18.2. The Kier molecular flexibility index (Phi) is 9.45. The van der Waals surface area contributed by atoms with Gasteiger partial charge < -0.3 is 19.7 Å². The average molecular weight is 405 g/mol. The summed E-state index contributed by atoms with van der Waals surface area (Å²) in [6, 6.07) is 7.13. The molecule has 0 unspecified atom stereocenters. The number of amides is 2. The number of unbranched alkanes of at least 4 members (excludes halogenated alkanes) is 2. The van der Waals surface area contributed by atoms with E-state index in [1.807, 2.05) is 18.7 Å². The van der Waals surface area contributed by atoms with E-state index in [9.17, 15) is 9.59 Å². The third-order valence-electron chi connectivity index (χ3n) is 5.30. The first-order chi connectivity index (χ1) is 14.0. The first kappa shape index (κ1) is 23.2. The van der Waals surface area contributed by atoms with Gasteiger partial charge in [-0.1, -0.05) is 33.1 Å². The summed E-state index contributed by atoms with van der Waals surface area (Å²) in [5, 5.41) is 2.96. The van der Waals surface area contributed by atoms with Crippen molar-refractivity contribution in [3.63, 3.8) is 0 Å². The summed E-state index contributed by atoms with van der Waals surface area (Å²) in [6.45, 7) is 8.31. The molecule has 1 aromatic rings. The summed E-state index contributed by atoms with van der Waals surface area (Å²) < 4.78 is 11.5. The number of ether oxygens (including phenoxy) is 2. The standard InChI is InChI=1S/C23H36N2O4/c1-4-6-7-14-23(3,29-17-5-2)22(27)24-19-10-12-20(13-11-19)28-18-21(26)25-15-8-9-16-25/h10-13H,4-9,14-18H2,1-3H3,(H,24,27)/t23-/m1/s1. The Morgan fingerprint density at radius 2 is 1.76 bits per heavy atom. The predicted molar refractivity (Wildman–Crippen MR) is 115 cm³/mol. The minimum Gasteiger partial charge on any atom is -0.484 e. The van der Waals surface area contributed by atoms with Gasteiger partial charge in [-0.2, -0.15) is 0 Å². The van der Waals surface area contributed by atoms with Gasteiger partial charge in [-0.25, -0.2) is 0 Å². The summed E-state index contributed by atoms with van der Waals surface area (Å²) in [5.41, 5.74) is -0.141. The zero-order chi connectivity index (χ0) is 21.1. The van der Waals surface area contributed by atoms with Gasteiger partial charge >= 0.3 is 0 Å². The molecule has 6 heteroatoms. The molecular weight excluding hydrogens is 368 g/mol. The Hall–Kier alpha value is -2.08. The Balaban J connectivity index is 1.88. The molecule has 1 fully saturated rings. The second-order valence-electron chi connectivity index (χ2n) is 7.89. The quantitative estimate of drug-likeness (QED) is 0.525. The van der Waals surface area contributed by atoms with Crippen LogP contribution >= 0.6 is 0 Å². The van der Waals surface area contributed by atoms with Crippen molar-refractivity contribution in [2.75, 3.05) is 31.6 Å². The Morgan fingerprint density at radius 3 is 2.38 bits per heavy atom. The predicted octanol–water partition coefficient (Wildman–Crippen LogP) is 4.39. The molecule has 1 aromatic carbocycles. The van der Waals surface area contributed by atoms with Crippen molar-refractivity contribution in [2.45, 2.75) is 71.3 Å². The molecule has 1 heterocycles. The van der Waals surface area contributed by atoms with Gasteiger partial charge in [0.05, 0.1) is 0 Å². The summed E-state index contributed by atoms with van der Waals surface area (Å²) in [6.07, 6.45) is 6.86. The fourth-order valence-corrected chi connectivity index (χ4v) is 3.39. The first-order valence-electron chi connectivity index (χ1n) is 10.9. The van der Waals surface area contributed by atoms with Crippen molar-refractivity contribution in [3.8, 4) is 5.75 Å². The minimum absolute atomic E-state index is 0.0239. The molecule has 1 N–H and O–H groups in total. The SMILES string of the molecule is CCCCC[C@@](C)(OCCC)C(=O)Nc1ccc(OCC(=O)N2CCCC2)cc1. The van der Waals surface area contributed by atoms with Gasteiger partial charge in [0.25, 0.3) is 11.8 Å². The van der Waals surface area contributed by atoms with E-state index in [1.54, 1.807) is 24.3 Å². The van der Waals surface area contributed by atoms with Crippen LogP contribution in [0.4, 0.5) is 5.69 Å². The molecule has 0 aliphatic carbocycles. The van der Waals surface area contributed by atoms with Gasteiger partial charge in [-0.05, 0) is 56.9 Å². The lowest BCUT2D eigenvalue weighted by molar-refractivity contribution is -0.140. The van der Waals surface area contributed by atoms with Gasteiger partial charge in [0.1, 0.15) is 11.4 Å². The molecule has 2 rings (SSSR count). The van der Waals surface area contributed by atoms with E-state index in [1.165, 1.54) is 0 Å². The highest BCUT2D eigenvalue weighted by Gasteiger charge is 2.33. The number of benzene rings is 1. The maximum atomic E-state index is 12.9. The highest BCUT2D eigenvalue weighted by Crippen LogP contribution is 2.24. The van der Waals surface area contributed by atoms with E-state index in [4.69, 9.17) is 9.47 Å². The van der Waals surface area contributed by atoms with Crippen LogP contribution in [-0.4, -0.2) is 48.6 Å². The van der Waals surface area contributed by atoms with Crippen LogP contribution in [0.5, 0.6) is 5.75 Å². The van der Waals surface area contributed by atoms with Gasteiger partial charge in [-0.3, -0.25) is 9.59 Å². The number of hydrogen-bond acceptors (Lipinski definition) is 4. The molecule has 1 aliphatic heterocycles. The molecule has 6 nitrogen and oxygen atoms in total. The lowest BCUT2D eigenvalue weighted by Gasteiger charge is -2.28. The summed E-state index contributed by atoms with van der Waals surface area (Å²) in [7, 11) is 0. The lowest BCUT2D eigenvalue weighted by Crippen LogP contribution is -2.43. The zero-order valence-electron chi connectivity index (χ0n) is 18.2. The fraction of sp³-hybridized carbons (Fsp3) is 0.652. The Morgan fingerprint density at radius 1 is 1.07 bits per heavy atom. The lowest BCUT2D eigenvalue weighted by atomic mass is 9.96. The van der Waals surface area contributed by atoms with Crippen LogP contribution in [0.2, 0.25) is 0 Å². The van der Waals surface area contributed by atoms with E-state index >= 15 is 0 Å². The normalized spacial score (nSPS) is 15.8. The minimum atomic E-state index is -0.831. The smallest absolute Gasteiger partial charge is 0.260 e. The molecule has 0 spiro atoms. The molecule has 1 aliphatic rings. The van der Waals surface area contributed by atoms with Crippen molar-refractivity contribution in [1.82, 2.24) is 4.90 Å². The Bertz CT molecular complexity index is 641. The second kappa shape index (κ2) is 11.8. The van der Waals surface area contributed by atoms with Crippen LogP contribution in [0, 0.1) is 0 Å². The number of likely N-dealkylation sites (tertiary alicyclic amines) is 1. The fourth-order valence-electron chi connectivity index (χ4n) is 3.39. The van der Waals surface area contributed by atoms with Gasteiger partial charge in [0.2, 0.25) is 0 Å². The maximum absolute atomic E-state index is 12.9. The molecule has 0 saturated carbocycles. The largest absolute Gasteiger partial charge is 0.484 e. The number of hydrogen-bond donors (Lipinski definition) is 1. The number of anilines is 1. The van der Waals surface area contributed by atoms with E-state index in [-0.39, 0.29) is 18.4 Å². The van der Waals surface area contributed by atoms with Crippen LogP contribution in [0.25, 0.3) is 0 Å². The number of nitrogens with one attached hydrogen (secondary N) is 1. The molecular formula is C23H36N2O4. The topological polar surface area (TPSA) is 67.9 Å². The molecule has 2 amide bonds. The van der Waals surface area contributed by atoms with Crippen LogP contribution in [0.15, 0.2) is 24.3 Å². The monoisotopic (exact) mass is 404 g/mol. The van der Waals surface area contributed by atoms with Crippen molar-refractivity contribution in [2.24, 2.45) is 0 Å². The molecule has 1 saturated heterocycles. The van der Waals surface area contributed by atoms with Crippen molar-refractivity contribution < 1.29 is 19.1 Å². The third kappa shape index (κ3) is 7.35. The number of carbonyl (C=O) groups excluding carboxylic acids is 2. The summed E-state index contributed by atoms with van der Waals surface area (Å²) in [5.74, 6) is 0.513. The number of nitrogens with zero attached hydrogens (tertiary/aromatic N) is 1. The molecule has 0 bridgehead atoms. The molecule has 0 radical (unpaired) electrons. The van der Waals surface area contributed by atoms with Crippen molar-refractivity contribution in [1.29, 1.82) is 0 Å².